The van der Waals surface area contributed by atoms with Crippen molar-refractivity contribution in [2.45, 2.75) is 25.4 Å². The summed E-state index contributed by atoms with van der Waals surface area (Å²) in [5, 5.41) is 5.27. The van der Waals surface area contributed by atoms with Gasteiger partial charge in [-0.1, -0.05) is 6.07 Å². The van der Waals surface area contributed by atoms with Gasteiger partial charge in [-0.05, 0) is 18.1 Å². The summed E-state index contributed by atoms with van der Waals surface area (Å²) in [5.74, 6) is 0.0853. The van der Waals surface area contributed by atoms with Gasteiger partial charge in [0.15, 0.2) is 0 Å². The van der Waals surface area contributed by atoms with Gasteiger partial charge in [0.25, 0.3) is 0 Å². The normalized spacial score (nSPS) is 19.9. The molecule has 1 aromatic rings. The highest BCUT2D eigenvalue weighted by Gasteiger charge is 2.26. The highest BCUT2D eigenvalue weighted by atomic mass is 16.2. The lowest BCUT2D eigenvalue weighted by Gasteiger charge is -2.22. The molecule has 4 N–H and O–H groups in total. The van der Waals surface area contributed by atoms with Crippen molar-refractivity contribution in [3.05, 3.63) is 23.9 Å². The van der Waals surface area contributed by atoms with Crippen LogP contribution in [0.25, 0.3) is 0 Å². The molecule has 6 nitrogen and oxygen atoms in total. The van der Waals surface area contributed by atoms with Crippen LogP contribution < -0.4 is 16.4 Å². The quantitative estimate of drug-likeness (QED) is 0.627. The minimum Gasteiger partial charge on any atom is -0.358 e. The first kappa shape index (κ1) is 11.5. The summed E-state index contributed by atoms with van der Waals surface area (Å²) < 4.78 is 0. The van der Waals surface area contributed by atoms with Crippen molar-refractivity contribution in [3.63, 3.8) is 0 Å². The van der Waals surface area contributed by atoms with E-state index in [2.05, 4.69) is 15.6 Å². The Bertz CT molecular complexity index is 430. The lowest BCUT2D eigenvalue weighted by atomic mass is 10.1. The van der Waals surface area contributed by atoms with E-state index in [-0.39, 0.29) is 11.8 Å². The zero-order chi connectivity index (χ0) is 12.3. The molecule has 17 heavy (non-hydrogen) atoms. The monoisotopic (exact) mass is 234 g/mol. The second kappa shape index (κ2) is 4.92. The van der Waals surface area contributed by atoms with E-state index in [1.807, 2.05) is 6.07 Å². The molecule has 6 heteroatoms. The third-order valence-corrected chi connectivity index (χ3v) is 2.62. The molecule has 2 heterocycles. The number of piperidine rings is 1. The molecule has 0 spiro atoms. The lowest BCUT2D eigenvalue weighted by Crippen LogP contribution is -2.47. The number of carbonyl (C=O) groups is 2. The number of pyridine rings is 1. The van der Waals surface area contributed by atoms with Gasteiger partial charge in [0, 0.05) is 19.2 Å². The van der Waals surface area contributed by atoms with E-state index < -0.39 is 6.04 Å². The second-order valence-corrected chi connectivity index (χ2v) is 3.90. The van der Waals surface area contributed by atoms with Crippen LogP contribution in [0.15, 0.2) is 18.3 Å². The molecule has 1 aromatic heterocycles. The fraction of sp³-hybridized carbons (Fsp3) is 0.364. The molecule has 0 saturated carbocycles. The largest absolute Gasteiger partial charge is 0.358 e. The van der Waals surface area contributed by atoms with Crippen LogP contribution >= 0.6 is 0 Å². The maximum Gasteiger partial charge on any atom is 0.249 e. The van der Waals surface area contributed by atoms with Gasteiger partial charge in [-0.2, -0.15) is 0 Å². The smallest absolute Gasteiger partial charge is 0.249 e. The molecular weight excluding hydrogens is 220 g/mol. The standard InChI is InChI=1S/C11H14N4O2/c12-5-7-1-3-9(13-6-7)14-8-2-4-10(16)15-11(8)17/h1,3,6,8H,2,4-5,12H2,(H,13,14)(H,15,16,17). The first-order chi connectivity index (χ1) is 8.19. The van der Waals surface area contributed by atoms with Crippen molar-refractivity contribution in [1.29, 1.82) is 0 Å². The molecule has 1 unspecified atom stereocenters. The fourth-order valence-electron chi connectivity index (χ4n) is 1.64. The number of amides is 2. The predicted molar refractivity (Wildman–Crippen MR) is 61.9 cm³/mol. The zero-order valence-corrected chi connectivity index (χ0v) is 9.27. The average molecular weight is 234 g/mol. The van der Waals surface area contributed by atoms with Crippen LogP contribution in [0.3, 0.4) is 0 Å². The Kier molecular flexibility index (Phi) is 3.34. The number of carbonyl (C=O) groups excluding carboxylic acids is 2. The van der Waals surface area contributed by atoms with Gasteiger partial charge < -0.3 is 11.1 Å². The summed E-state index contributed by atoms with van der Waals surface area (Å²) >= 11 is 0. The Labute approximate surface area is 98.6 Å². The number of nitrogens with two attached hydrogens (primary N) is 1. The Hall–Kier alpha value is -1.95. The summed E-state index contributed by atoms with van der Waals surface area (Å²) in [6.07, 6.45) is 2.50. The van der Waals surface area contributed by atoms with Gasteiger partial charge in [-0.25, -0.2) is 4.98 Å². The Balaban J connectivity index is 2.00. The minimum atomic E-state index is -0.399. The van der Waals surface area contributed by atoms with Gasteiger partial charge in [-0.15, -0.1) is 0 Å². The van der Waals surface area contributed by atoms with Crippen molar-refractivity contribution >= 4 is 17.6 Å². The van der Waals surface area contributed by atoms with E-state index in [0.717, 1.165) is 5.56 Å². The SMILES string of the molecule is NCc1ccc(NC2CCC(=O)NC2=O)nc1. The lowest BCUT2D eigenvalue weighted by molar-refractivity contribution is -0.133. The Morgan fingerprint density at radius 1 is 1.47 bits per heavy atom. The first-order valence-electron chi connectivity index (χ1n) is 5.44. The number of nitrogens with zero attached hydrogens (tertiary/aromatic N) is 1. The summed E-state index contributed by atoms with van der Waals surface area (Å²) in [6.45, 7) is 0.436. The predicted octanol–water partition coefficient (Wildman–Crippen LogP) is -0.243. The number of aromatic nitrogens is 1. The molecule has 2 amide bonds. The van der Waals surface area contributed by atoms with Crippen molar-refractivity contribution in [3.8, 4) is 0 Å². The molecule has 0 aromatic carbocycles. The van der Waals surface area contributed by atoms with Crippen molar-refractivity contribution in [2.75, 3.05) is 5.32 Å². The summed E-state index contributed by atoms with van der Waals surface area (Å²) in [6, 6.07) is 3.22. The van der Waals surface area contributed by atoms with Crippen LogP contribution in [-0.2, 0) is 16.1 Å². The fourth-order valence-corrected chi connectivity index (χ4v) is 1.64. The van der Waals surface area contributed by atoms with Gasteiger partial charge >= 0.3 is 0 Å². The summed E-state index contributed by atoms with van der Waals surface area (Å²) in [5.41, 5.74) is 6.39. The third-order valence-electron chi connectivity index (χ3n) is 2.62. The van der Waals surface area contributed by atoms with E-state index in [9.17, 15) is 9.59 Å². The number of anilines is 1. The highest BCUT2D eigenvalue weighted by molar-refractivity contribution is 6.01. The van der Waals surface area contributed by atoms with Crippen molar-refractivity contribution < 1.29 is 9.59 Å². The Morgan fingerprint density at radius 2 is 2.29 bits per heavy atom. The zero-order valence-electron chi connectivity index (χ0n) is 9.27. The maximum absolute atomic E-state index is 11.5. The van der Waals surface area contributed by atoms with Crippen LogP contribution in [-0.4, -0.2) is 22.8 Å². The maximum atomic E-state index is 11.5. The molecule has 0 radical (unpaired) electrons. The van der Waals surface area contributed by atoms with Crippen LogP contribution in [0, 0.1) is 0 Å². The molecule has 2 rings (SSSR count). The number of nitrogens with one attached hydrogen (secondary N) is 2. The number of hydrogen-bond acceptors (Lipinski definition) is 5. The van der Waals surface area contributed by atoms with Gasteiger partial charge in [0.1, 0.15) is 11.9 Å². The highest BCUT2D eigenvalue weighted by Crippen LogP contribution is 2.11. The van der Waals surface area contributed by atoms with Crippen molar-refractivity contribution in [2.24, 2.45) is 5.73 Å². The molecular formula is C11H14N4O2. The molecule has 0 aliphatic carbocycles. The number of imide groups is 1. The molecule has 0 bridgehead atoms. The summed E-state index contributed by atoms with van der Waals surface area (Å²) in [4.78, 5) is 26.6. The molecule has 1 atom stereocenters. The van der Waals surface area contributed by atoms with Gasteiger partial charge in [0.05, 0.1) is 0 Å². The van der Waals surface area contributed by atoms with E-state index in [1.54, 1.807) is 12.3 Å². The molecule has 1 saturated heterocycles. The van der Waals surface area contributed by atoms with E-state index in [4.69, 9.17) is 5.73 Å². The van der Waals surface area contributed by atoms with Crippen LogP contribution in [0.4, 0.5) is 5.82 Å². The molecule has 1 fully saturated rings. The van der Waals surface area contributed by atoms with Crippen LogP contribution in [0.5, 0.6) is 0 Å². The topological polar surface area (TPSA) is 97.1 Å². The molecule has 1 aliphatic rings. The van der Waals surface area contributed by atoms with Gasteiger partial charge in [0.2, 0.25) is 11.8 Å². The third kappa shape index (κ3) is 2.79. The minimum absolute atomic E-state index is 0.223. The first-order valence-corrected chi connectivity index (χ1v) is 5.44. The Morgan fingerprint density at radius 3 is 2.88 bits per heavy atom. The van der Waals surface area contributed by atoms with Crippen LogP contribution in [0.2, 0.25) is 0 Å². The average Bonchev–Trinajstić information content (AvgIpc) is 2.34. The van der Waals surface area contributed by atoms with Gasteiger partial charge in [-0.3, -0.25) is 14.9 Å². The van der Waals surface area contributed by atoms with E-state index in [1.165, 1.54) is 0 Å². The van der Waals surface area contributed by atoms with E-state index >= 15 is 0 Å². The van der Waals surface area contributed by atoms with Crippen molar-refractivity contribution in [1.82, 2.24) is 10.3 Å². The van der Waals surface area contributed by atoms with E-state index in [0.29, 0.717) is 25.2 Å². The number of rotatable bonds is 3. The number of hydrogen-bond donors (Lipinski definition) is 3. The molecule has 90 valence electrons. The molecule has 1 aliphatic heterocycles. The second-order valence-electron chi connectivity index (χ2n) is 3.90. The summed E-state index contributed by atoms with van der Waals surface area (Å²) in [7, 11) is 0. The van der Waals surface area contributed by atoms with Crippen LogP contribution in [0.1, 0.15) is 18.4 Å².